The van der Waals surface area contributed by atoms with Crippen molar-refractivity contribution in [3.63, 3.8) is 0 Å². The van der Waals surface area contributed by atoms with Gasteiger partial charge in [-0.3, -0.25) is 4.79 Å². The summed E-state index contributed by atoms with van der Waals surface area (Å²) in [5.74, 6) is -0.345. The van der Waals surface area contributed by atoms with E-state index in [1.165, 1.54) is 12.1 Å². The topological polar surface area (TPSA) is 52.3 Å². The van der Waals surface area contributed by atoms with E-state index in [0.29, 0.717) is 12.0 Å². The third-order valence-corrected chi connectivity index (χ3v) is 2.53. The molecule has 1 aromatic rings. The first kappa shape index (κ1) is 15.5. The zero-order valence-electron chi connectivity index (χ0n) is 10.5. The van der Waals surface area contributed by atoms with Crippen LogP contribution in [0.5, 0.6) is 0 Å². The minimum atomic E-state index is -4.34. The minimum Gasteiger partial charge on any atom is -0.464 e. The lowest BCUT2D eigenvalue weighted by Gasteiger charge is -2.13. The van der Waals surface area contributed by atoms with Crippen molar-refractivity contribution in [2.24, 2.45) is 5.73 Å². The Balaban J connectivity index is 2.51. The summed E-state index contributed by atoms with van der Waals surface area (Å²) in [5.41, 5.74) is 5.71. The Morgan fingerprint density at radius 2 is 1.89 bits per heavy atom. The molecule has 1 atom stereocenters. The second kappa shape index (κ2) is 6.56. The molecule has 106 valence electrons. The molecule has 1 aromatic carbocycles. The van der Waals surface area contributed by atoms with Gasteiger partial charge in [0.2, 0.25) is 0 Å². The van der Waals surface area contributed by atoms with Gasteiger partial charge in [-0.1, -0.05) is 19.1 Å². The van der Waals surface area contributed by atoms with Gasteiger partial charge in [-0.15, -0.1) is 0 Å². The molecule has 0 spiro atoms. The highest BCUT2D eigenvalue weighted by atomic mass is 19.4. The number of rotatable bonds is 5. The molecular weight excluding hydrogens is 259 g/mol. The van der Waals surface area contributed by atoms with Crippen molar-refractivity contribution in [2.75, 3.05) is 6.61 Å². The highest BCUT2D eigenvalue weighted by molar-refractivity contribution is 5.68. The fourth-order valence-electron chi connectivity index (χ4n) is 1.49. The molecule has 19 heavy (non-hydrogen) atoms. The van der Waals surface area contributed by atoms with Gasteiger partial charge in [0, 0.05) is 12.5 Å². The van der Waals surface area contributed by atoms with Gasteiger partial charge in [-0.2, -0.15) is 13.2 Å². The molecule has 1 rings (SSSR count). The Morgan fingerprint density at radius 3 is 2.37 bits per heavy atom. The molecule has 0 aliphatic carbocycles. The van der Waals surface area contributed by atoms with Crippen LogP contribution in [0.2, 0.25) is 0 Å². The molecule has 0 fully saturated rings. The van der Waals surface area contributed by atoms with E-state index >= 15 is 0 Å². The number of nitrogens with two attached hydrogens (primary N) is 1. The third-order valence-electron chi connectivity index (χ3n) is 2.53. The lowest BCUT2D eigenvalue weighted by atomic mass is 10.0. The Hall–Kier alpha value is -1.56. The fourth-order valence-corrected chi connectivity index (χ4v) is 1.49. The number of ether oxygens (including phenoxy) is 1. The molecule has 0 radical (unpaired) electrons. The monoisotopic (exact) mass is 275 g/mol. The van der Waals surface area contributed by atoms with Crippen LogP contribution in [-0.2, 0) is 22.1 Å². The molecule has 0 bridgehead atoms. The number of esters is 1. The van der Waals surface area contributed by atoms with Gasteiger partial charge in [0.05, 0.1) is 5.56 Å². The summed E-state index contributed by atoms with van der Waals surface area (Å²) in [7, 11) is 0. The van der Waals surface area contributed by atoms with Crippen molar-refractivity contribution < 1.29 is 22.7 Å². The maximum absolute atomic E-state index is 12.3. The number of carbonyl (C=O) groups excluding carboxylic acids is 1. The summed E-state index contributed by atoms with van der Waals surface area (Å²) in [6, 6.07) is 4.36. The van der Waals surface area contributed by atoms with Gasteiger partial charge in [0.25, 0.3) is 0 Å². The zero-order chi connectivity index (χ0) is 14.5. The SMILES string of the molecule is CCC(=O)OCC(N)Cc1ccc(C(F)(F)F)cc1. The van der Waals surface area contributed by atoms with E-state index in [2.05, 4.69) is 0 Å². The predicted octanol–water partition coefficient (Wildman–Crippen LogP) is 2.53. The molecular formula is C13H16F3NO2. The normalized spacial score (nSPS) is 13.1. The lowest BCUT2D eigenvalue weighted by Crippen LogP contribution is -2.29. The Labute approximate surface area is 109 Å². The Morgan fingerprint density at radius 1 is 1.32 bits per heavy atom. The van der Waals surface area contributed by atoms with Gasteiger partial charge in [-0.05, 0) is 24.1 Å². The molecule has 0 saturated carbocycles. The highest BCUT2D eigenvalue weighted by Crippen LogP contribution is 2.29. The molecule has 6 heteroatoms. The largest absolute Gasteiger partial charge is 0.464 e. The third kappa shape index (κ3) is 5.30. The van der Waals surface area contributed by atoms with Gasteiger partial charge in [-0.25, -0.2) is 0 Å². The van der Waals surface area contributed by atoms with Crippen molar-refractivity contribution in [1.82, 2.24) is 0 Å². The summed E-state index contributed by atoms with van der Waals surface area (Å²) in [6.07, 6.45) is -3.71. The molecule has 0 heterocycles. The summed E-state index contributed by atoms with van der Waals surface area (Å²) in [5, 5.41) is 0. The highest BCUT2D eigenvalue weighted by Gasteiger charge is 2.29. The first-order valence-electron chi connectivity index (χ1n) is 5.90. The molecule has 3 nitrogen and oxygen atoms in total. The van der Waals surface area contributed by atoms with Crippen LogP contribution in [0.3, 0.4) is 0 Å². The maximum atomic E-state index is 12.3. The number of alkyl halides is 3. The van der Waals surface area contributed by atoms with E-state index in [0.717, 1.165) is 12.1 Å². The van der Waals surface area contributed by atoms with E-state index in [-0.39, 0.29) is 19.0 Å². The molecule has 0 amide bonds. The predicted molar refractivity (Wildman–Crippen MR) is 64.4 cm³/mol. The molecule has 0 aliphatic rings. The number of hydrogen-bond acceptors (Lipinski definition) is 3. The number of halogens is 3. The van der Waals surface area contributed by atoms with Crippen LogP contribution in [0.25, 0.3) is 0 Å². The average molecular weight is 275 g/mol. The van der Waals surface area contributed by atoms with Crippen molar-refractivity contribution in [1.29, 1.82) is 0 Å². The Kier molecular flexibility index (Phi) is 5.35. The van der Waals surface area contributed by atoms with Crippen LogP contribution in [0, 0.1) is 0 Å². The fraction of sp³-hybridized carbons (Fsp3) is 0.462. The first-order valence-corrected chi connectivity index (χ1v) is 5.90. The van der Waals surface area contributed by atoms with Crippen molar-refractivity contribution in [3.05, 3.63) is 35.4 Å². The van der Waals surface area contributed by atoms with Gasteiger partial charge in [0.15, 0.2) is 0 Å². The lowest BCUT2D eigenvalue weighted by molar-refractivity contribution is -0.143. The van der Waals surface area contributed by atoms with Crippen molar-refractivity contribution >= 4 is 5.97 Å². The minimum absolute atomic E-state index is 0.0632. The first-order chi connectivity index (χ1) is 8.82. The Bertz CT molecular complexity index is 415. The molecule has 1 unspecified atom stereocenters. The number of hydrogen-bond donors (Lipinski definition) is 1. The summed E-state index contributed by atoms with van der Waals surface area (Å²) < 4.78 is 41.9. The van der Waals surface area contributed by atoms with Crippen LogP contribution < -0.4 is 5.73 Å². The van der Waals surface area contributed by atoms with Crippen LogP contribution in [0.4, 0.5) is 13.2 Å². The summed E-state index contributed by atoms with van der Waals surface area (Å²) in [6.45, 7) is 1.73. The quantitative estimate of drug-likeness (QED) is 0.840. The zero-order valence-corrected chi connectivity index (χ0v) is 10.5. The number of benzene rings is 1. The van der Waals surface area contributed by atoms with Crippen LogP contribution in [0.1, 0.15) is 24.5 Å². The van der Waals surface area contributed by atoms with Crippen LogP contribution >= 0.6 is 0 Å². The van der Waals surface area contributed by atoms with Crippen LogP contribution in [-0.4, -0.2) is 18.6 Å². The molecule has 0 aromatic heterocycles. The smallest absolute Gasteiger partial charge is 0.416 e. The second-order valence-electron chi connectivity index (χ2n) is 4.20. The number of carbonyl (C=O) groups is 1. The van der Waals surface area contributed by atoms with E-state index in [9.17, 15) is 18.0 Å². The molecule has 0 aliphatic heterocycles. The maximum Gasteiger partial charge on any atom is 0.416 e. The van der Waals surface area contributed by atoms with E-state index < -0.39 is 17.8 Å². The average Bonchev–Trinajstić information content (AvgIpc) is 2.35. The van der Waals surface area contributed by atoms with Crippen molar-refractivity contribution in [3.8, 4) is 0 Å². The summed E-state index contributed by atoms with van der Waals surface area (Å²) >= 11 is 0. The standard InChI is InChI=1S/C13H16F3NO2/c1-2-12(18)19-8-11(17)7-9-3-5-10(6-4-9)13(14,15)16/h3-6,11H,2,7-8,17H2,1H3. The van der Waals surface area contributed by atoms with Crippen LogP contribution in [0.15, 0.2) is 24.3 Å². The van der Waals surface area contributed by atoms with E-state index in [1.54, 1.807) is 6.92 Å². The van der Waals surface area contributed by atoms with Gasteiger partial charge >= 0.3 is 12.1 Å². The van der Waals surface area contributed by atoms with E-state index in [1.807, 2.05) is 0 Å². The second-order valence-corrected chi connectivity index (χ2v) is 4.20. The van der Waals surface area contributed by atoms with Gasteiger partial charge < -0.3 is 10.5 Å². The van der Waals surface area contributed by atoms with E-state index in [4.69, 9.17) is 10.5 Å². The summed E-state index contributed by atoms with van der Waals surface area (Å²) in [4.78, 5) is 10.9. The van der Waals surface area contributed by atoms with Gasteiger partial charge in [0.1, 0.15) is 6.61 Å². The molecule has 0 saturated heterocycles. The van der Waals surface area contributed by atoms with Crippen molar-refractivity contribution in [2.45, 2.75) is 32.0 Å². The molecule has 2 N–H and O–H groups in total.